The first-order valence-corrected chi connectivity index (χ1v) is 8.54. The van der Waals surface area contributed by atoms with Crippen molar-refractivity contribution in [3.63, 3.8) is 0 Å². The largest absolute Gasteiger partial charge is 0.496 e. The quantitative estimate of drug-likeness (QED) is 0.907. The lowest BCUT2D eigenvalue weighted by molar-refractivity contribution is 0.0696. The first-order valence-electron chi connectivity index (χ1n) is 6.69. The smallest absolute Gasteiger partial charge is 0.335 e. The monoisotopic (exact) mass is 335 g/mol. The molecule has 1 N–H and O–H groups in total. The Hall–Kier alpha value is -2.54. The minimum atomic E-state index is -3.32. The van der Waals surface area contributed by atoms with Crippen LogP contribution in [0.2, 0.25) is 0 Å². The first-order chi connectivity index (χ1) is 10.7. The molecule has 2 aromatic rings. The van der Waals surface area contributed by atoms with Gasteiger partial charge >= 0.3 is 5.97 Å². The van der Waals surface area contributed by atoms with Crippen LogP contribution in [-0.4, -0.2) is 39.9 Å². The van der Waals surface area contributed by atoms with Gasteiger partial charge < -0.3 is 9.84 Å². The predicted octanol–water partition coefficient (Wildman–Crippen LogP) is 2.46. The molecule has 0 aliphatic heterocycles. The summed E-state index contributed by atoms with van der Waals surface area (Å²) in [6.45, 7) is 0. The van der Waals surface area contributed by atoms with Crippen molar-refractivity contribution in [2.75, 3.05) is 24.7 Å². The van der Waals surface area contributed by atoms with Crippen molar-refractivity contribution < 1.29 is 23.1 Å². The van der Waals surface area contributed by atoms with Crippen LogP contribution in [0.5, 0.6) is 5.75 Å². The van der Waals surface area contributed by atoms with Gasteiger partial charge in [-0.15, -0.1) is 0 Å². The zero-order valence-corrected chi connectivity index (χ0v) is 13.8. The zero-order valence-electron chi connectivity index (χ0n) is 13.0. The molecule has 0 spiro atoms. The molecule has 122 valence electrons. The maximum atomic E-state index is 11.5. The fourth-order valence-corrected chi connectivity index (χ4v) is 2.61. The number of benzene rings is 2. The molecule has 7 heteroatoms. The summed E-state index contributed by atoms with van der Waals surface area (Å²) in [4.78, 5) is 11.0. The molecule has 0 saturated heterocycles. The molecule has 0 saturated carbocycles. The maximum Gasteiger partial charge on any atom is 0.335 e. The number of nitrogens with zero attached hydrogens (tertiary/aromatic N) is 1. The van der Waals surface area contributed by atoms with E-state index in [2.05, 4.69) is 0 Å². The lowest BCUT2D eigenvalue weighted by Gasteiger charge is -2.17. The second kappa shape index (κ2) is 6.29. The Morgan fingerprint density at radius 3 is 2.22 bits per heavy atom. The van der Waals surface area contributed by atoms with E-state index in [9.17, 15) is 13.2 Å². The summed E-state index contributed by atoms with van der Waals surface area (Å²) in [7, 11) is -0.371. The van der Waals surface area contributed by atoms with Gasteiger partial charge in [-0.3, -0.25) is 4.31 Å². The van der Waals surface area contributed by atoms with Gasteiger partial charge in [0.1, 0.15) is 5.75 Å². The molecular formula is C16H17NO5S. The lowest BCUT2D eigenvalue weighted by atomic mass is 10.0. The van der Waals surface area contributed by atoms with E-state index < -0.39 is 16.0 Å². The Morgan fingerprint density at radius 1 is 1.13 bits per heavy atom. The van der Waals surface area contributed by atoms with Crippen molar-refractivity contribution in [2.45, 2.75) is 0 Å². The molecule has 0 atom stereocenters. The van der Waals surface area contributed by atoms with Crippen molar-refractivity contribution in [3.8, 4) is 16.9 Å². The second-order valence-corrected chi connectivity index (χ2v) is 7.01. The summed E-state index contributed by atoms with van der Waals surface area (Å²) in [5, 5.41) is 9.02. The van der Waals surface area contributed by atoms with Crippen LogP contribution >= 0.6 is 0 Å². The second-order valence-electron chi connectivity index (χ2n) is 5.00. The van der Waals surface area contributed by atoms with Gasteiger partial charge in [0.25, 0.3) is 0 Å². The number of aromatic carboxylic acids is 1. The maximum absolute atomic E-state index is 11.5. The highest BCUT2D eigenvalue weighted by Crippen LogP contribution is 2.32. The fourth-order valence-electron chi connectivity index (χ4n) is 2.11. The van der Waals surface area contributed by atoms with Crippen LogP contribution in [0.1, 0.15) is 10.4 Å². The van der Waals surface area contributed by atoms with Crippen LogP contribution in [0.3, 0.4) is 0 Å². The zero-order chi connectivity index (χ0) is 17.2. The average molecular weight is 335 g/mol. The summed E-state index contributed by atoms with van der Waals surface area (Å²) in [6, 6.07) is 11.5. The Labute approximate surface area is 135 Å². The van der Waals surface area contributed by atoms with Crippen LogP contribution < -0.4 is 9.04 Å². The molecule has 6 nitrogen and oxygen atoms in total. The molecule has 0 amide bonds. The van der Waals surface area contributed by atoms with E-state index in [1.54, 1.807) is 30.3 Å². The summed E-state index contributed by atoms with van der Waals surface area (Å²) in [5.74, 6) is -0.589. The van der Waals surface area contributed by atoms with Crippen LogP contribution in [0.15, 0.2) is 42.5 Å². The van der Waals surface area contributed by atoms with Crippen LogP contribution in [0.4, 0.5) is 5.69 Å². The number of ether oxygens (including phenoxy) is 1. The molecule has 2 aromatic carbocycles. The molecule has 0 aromatic heterocycles. The third-order valence-corrected chi connectivity index (χ3v) is 4.69. The van der Waals surface area contributed by atoms with Gasteiger partial charge in [0.05, 0.1) is 24.6 Å². The number of methoxy groups -OCH3 is 1. The number of anilines is 1. The molecule has 0 fully saturated rings. The topological polar surface area (TPSA) is 83.9 Å². The van der Waals surface area contributed by atoms with Crippen molar-refractivity contribution in [2.24, 2.45) is 0 Å². The van der Waals surface area contributed by atoms with Crippen LogP contribution in [-0.2, 0) is 10.0 Å². The summed E-state index contributed by atoms with van der Waals surface area (Å²) < 4.78 is 29.5. The van der Waals surface area contributed by atoms with Crippen molar-refractivity contribution in [3.05, 3.63) is 48.0 Å². The predicted molar refractivity (Wildman–Crippen MR) is 88.6 cm³/mol. The van der Waals surface area contributed by atoms with Crippen molar-refractivity contribution in [1.29, 1.82) is 0 Å². The van der Waals surface area contributed by atoms with Crippen LogP contribution in [0.25, 0.3) is 11.1 Å². The molecular weight excluding hydrogens is 318 g/mol. The molecule has 23 heavy (non-hydrogen) atoms. The van der Waals surface area contributed by atoms with Gasteiger partial charge in [-0.05, 0) is 35.9 Å². The van der Waals surface area contributed by atoms with E-state index in [0.29, 0.717) is 11.4 Å². The standard InChI is InChI=1S/C16H17NO5S/c1-17(23(3,20)21)13-7-4-11(5-8-13)14-9-6-12(16(18)19)10-15(14)22-2/h4-10H,1-3H3,(H,18,19). The SMILES string of the molecule is COc1cc(C(=O)O)ccc1-c1ccc(N(C)S(C)(=O)=O)cc1. The van der Waals surface area contributed by atoms with E-state index in [1.807, 2.05) is 0 Å². The number of hydrogen-bond donors (Lipinski definition) is 1. The van der Waals surface area contributed by atoms with Gasteiger partial charge in [0.2, 0.25) is 10.0 Å². The third kappa shape index (κ3) is 3.62. The number of carboxylic acids is 1. The molecule has 0 radical (unpaired) electrons. The van der Waals surface area contributed by atoms with Crippen molar-refractivity contribution in [1.82, 2.24) is 0 Å². The Morgan fingerprint density at radius 2 is 1.74 bits per heavy atom. The normalized spacial score (nSPS) is 11.1. The number of hydrogen-bond acceptors (Lipinski definition) is 4. The summed E-state index contributed by atoms with van der Waals surface area (Å²) >= 11 is 0. The van der Waals surface area contributed by atoms with Gasteiger partial charge in [-0.25, -0.2) is 13.2 Å². The minimum absolute atomic E-state index is 0.138. The van der Waals surface area contributed by atoms with Gasteiger partial charge in [0, 0.05) is 12.6 Å². The van der Waals surface area contributed by atoms with Crippen LogP contribution in [0, 0.1) is 0 Å². The van der Waals surface area contributed by atoms with E-state index in [1.165, 1.54) is 30.6 Å². The highest BCUT2D eigenvalue weighted by molar-refractivity contribution is 7.92. The number of rotatable bonds is 5. The molecule has 0 unspecified atom stereocenters. The molecule has 2 rings (SSSR count). The molecule has 0 aliphatic rings. The number of carboxylic acid groups (broad SMARTS) is 1. The Kier molecular flexibility index (Phi) is 4.60. The first kappa shape index (κ1) is 16.8. The Balaban J connectivity index is 2.42. The third-order valence-electron chi connectivity index (χ3n) is 3.49. The fraction of sp³-hybridized carbons (Fsp3) is 0.188. The van der Waals surface area contributed by atoms with E-state index >= 15 is 0 Å². The highest BCUT2D eigenvalue weighted by atomic mass is 32.2. The minimum Gasteiger partial charge on any atom is -0.496 e. The van der Waals surface area contributed by atoms with E-state index in [0.717, 1.165) is 17.4 Å². The number of carbonyl (C=O) groups is 1. The van der Waals surface area contributed by atoms with Gasteiger partial charge in [-0.2, -0.15) is 0 Å². The average Bonchev–Trinajstić information content (AvgIpc) is 2.52. The molecule has 0 aliphatic carbocycles. The van der Waals surface area contributed by atoms with Gasteiger partial charge in [0.15, 0.2) is 0 Å². The van der Waals surface area contributed by atoms with E-state index in [4.69, 9.17) is 9.84 Å². The summed E-state index contributed by atoms with van der Waals surface area (Å²) in [5.41, 5.74) is 2.20. The number of sulfonamides is 1. The molecule has 0 bridgehead atoms. The Bertz CT molecular complexity index is 828. The highest BCUT2D eigenvalue weighted by Gasteiger charge is 2.13. The van der Waals surface area contributed by atoms with E-state index in [-0.39, 0.29) is 5.56 Å². The van der Waals surface area contributed by atoms with Crippen molar-refractivity contribution >= 4 is 21.7 Å². The van der Waals surface area contributed by atoms with Gasteiger partial charge in [-0.1, -0.05) is 12.1 Å². The summed E-state index contributed by atoms with van der Waals surface area (Å²) in [6.07, 6.45) is 1.13. The molecule has 0 heterocycles. The lowest BCUT2D eigenvalue weighted by Crippen LogP contribution is -2.24.